The van der Waals surface area contributed by atoms with Crippen LogP contribution in [-0.4, -0.2) is 36.6 Å². The summed E-state index contributed by atoms with van der Waals surface area (Å²) >= 11 is 0. The highest BCUT2D eigenvalue weighted by molar-refractivity contribution is 5.95. The minimum Gasteiger partial charge on any atom is -0.378 e. The second-order valence-electron chi connectivity index (χ2n) is 7.84. The lowest BCUT2D eigenvalue weighted by molar-refractivity contribution is -0.170. The Balaban J connectivity index is 1.57. The fourth-order valence-corrected chi connectivity index (χ4v) is 3.88. The Labute approximate surface area is 155 Å². The predicted molar refractivity (Wildman–Crippen MR) is 101 cm³/mol. The number of nitrogens with one attached hydrogen (secondary N) is 1. The summed E-state index contributed by atoms with van der Waals surface area (Å²) in [4.78, 5) is 26.3. The van der Waals surface area contributed by atoms with Crippen molar-refractivity contribution in [2.75, 3.05) is 18.1 Å². The molecule has 2 fully saturated rings. The molecular formula is C20H29N3O3. The molecule has 0 aromatic heterocycles. The highest BCUT2D eigenvalue weighted by atomic mass is 16.5. The molecule has 0 spiro atoms. The van der Waals surface area contributed by atoms with E-state index in [2.05, 4.69) is 5.32 Å². The molecular weight excluding hydrogens is 330 g/mol. The van der Waals surface area contributed by atoms with Crippen LogP contribution in [0.2, 0.25) is 0 Å². The first-order chi connectivity index (χ1) is 12.3. The maximum absolute atomic E-state index is 12.7. The zero-order valence-corrected chi connectivity index (χ0v) is 15.9. The zero-order valence-electron chi connectivity index (χ0n) is 15.9. The first kappa shape index (κ1) is 18.9. The van der Waals surface area contributed by atoms with Crippen molar-refractivity contribution in [3.63, 3.8) is 0 Å². The number of nitrogens with zero attached hydrogens (tertiary/aromatic N) is 1. The van der Waals surface area contributed by atoms with Crippen LogP contribution in [-0.2, 0) is 20.9 Å². The SMILES string of the molecule is CCOC1CC(N)(C(=O)NCc2ccc(N3CCCC3=O)cc2)C1(C)C. The molecule has 2 atom stereocenters. The molecule has 1 saturated heterocycles. The zero-order chi connectivity index (χ0) is 18.9. The second-order valence-corrected chi connectivity index (χ2v) is 7.84. The average molecular weight is 359 g/mol. The Kier molecular flexibility index (Phi) is 5.08. The summed E-state index contributed by atoms with van der Waals surface area (Å²) in [5.41, 5.74) is 6.99. The Morgan fingerprint density at radius 1 is 1.35 bits per heavy atom. The average Bonchev–Trinajstić information content (AvgIpc) is 3.05. The van der Waals surface area contributed by atoms with Crippen LogP contribution < -0.4 is 16.0 Å². The fourth-order valence-electron chi connectivity index (χ4n) is 3.88. The molecule has 26 heavy (non-hydrogen) atoms. The molecule has 3 rings (SSSR count). The van der Waals surface area contributed by atoms with E-state index in [1.54, 1.807) is 0 Å². The number of benzene rings is 1. The van der Waals surface area contributed by atoms with Crippen molar-refractivity contribution in [1.29, 1.82) is 0 Å². The van der Waals surface area contributed by atoms with Crippen LogP contribution >= 0.6 is 0 Å². The van der Waals surface area contributed by atoms with Gasteiger partial charge >= 0.3 is 0 Å². The molecule has 2 aliphatic rings. The van der Waals surface area contributed by atoms with E-state index >= 15 is 0 Å². The van der Waals surface area contributed by atoms with Crippen LogP contribution in [0.4, 0.5) is 5.69 Å². The van der Waals surface area contributed by atoms with Crippen LogP contribution in [0, 0.1) is 5.41 Å². The Bertz CT molecular complexity index is 686. The number of nitrogens with two attached hydrogens (primary N) is 1. The molecule has 6 heteroatoms. The smallest absolute Gasteiger partial charge is 0.241 e. The number of amides is 2. The van der Waals surface area contributed by atoms with Gasteiger partial charge in [-0.3, -0.25) is 9.59 Å². The van der Waals surface area contributed by atoms with Gasteiger partial charge in [-0.15, -0.1) is 0 Å². The lowest BCUT2D eigenvalue weighted by Crippen LogP contribution is -2.75. The molecule has 0 radical (unpaired) electrons. The summed E-state index contributed by atoms with van der Waals surface area (Å²) in [6.45, 7) is 7.74. The van der Waals surface area contributed by atoms with Gasteiger partial charge in [0, 0.05) is 43.6 Å². The number of hydrogen-bond acceptors (Lipinski definition) is 4. The fraction of sp³-hybridized carbons (Fsp3) is 0.600. The molecule has 1 saturated carbocycles. The summed E-state index contributed by atoms with van der Waals surface area (Å²) in [5.74, 6) is 0.0319. The van der Waals surface area contributed by atoms with E-state index < -0.39 is 11.0 Å². The third-order valence-corrected chi connectivity index (χ3v) is 6.01. The quantitative estimate of drug-likeness (QED) is 0.813. The van der Waals surface area contributed by atoms with Crippen molar-refractivity contribution in [2.45, 2.75) is 58.2 Å². The lowest BCUT2D eigenvalue weighted by atomic mass is 9.54. The standard InChI is InChI=1S/C20H29N3O3/c1-4-26-16-12-20(21,19(16,2)3)18(25)22-13-14-7-9-15(10-8-14)23-11-5-6-17(23)24/h7-10,16H,4-6,11-13,21H2,1-3H3,(H,22,25). The van der Waals surface area contributed by atoms with E-state index in [0.717, 1.165) is 24.2 Å². The van der Waals surface area contributed by atoms with E-state index in [9.17, 15) is 9.59 Å². The lowest BCUT2D eigenvalue weighted by Gasteiger charge is -2.57. The van der Waals surface area contributed by atoms with Gasteiger partial charge in [-0.2, -0.15) is 0 Å². The van der Waals surface area contributed by atoms with E-state index in [-0.39, 0.29) is 17.9 Å². The number of rotatable bonds is 6. The number of carbonyl (C=O) groups excluding carboxylic acids is 2. The molecule has 2 unspecified atom stereocenters. The van der Waals surface area contributed by atoms with E-state index in [4.69, 9.17) is 10.5 Å². The van der Waals surface area contributed by atoms with E-state index in [0.29, 0.717) is 26.0 Å². The van der Waals surface area contributed by atoms with Gasteiger partial charge < -0.3 is 20.7 Å². The second kappa shape index (κ2) is 7.00. The predicted octanol–water partition coefficient (Wildman–Crippen LogP) is 1.96. The third kappa shape index (κ3) is 3.12. The number of hydrogen-bond donors (Lipinski definition) is 2. The van der Waals surface area contributed by atoms with Gasteiger partial charge in [0.2, 0.25) is 11.8 Å². The molecule has 3 N–H and O–H groups in total. The summed E-state index contributed by atoms with van der Waals surface area (Å²) in [6, 6.07) is 7.75. The van der Waals surface area contributed by atoms with Crippen LogP contribution in [0.1, 0.15) is 45.6 Å². The topological polar surface area (TPSA) is 84.7 Å². The summed E-state index contributed by atoms with van der Waals surface area (Å²) in [5, 5.41) is 2.96. The van der Waals surface area contributed by atoms with Gasteiger partial charge in [-0.05, 0) is 31.0 Å². The largest absolute Gasteiger partial charge is 0.378 e. The summed E-state index contributed by atoms with van der Waals surface area (Å²) in [7, 11) is 0. The van der Waals surface area contributed by atoms with Crippen LogP contribution in [0.15, 0.2) is 24.3 Å². The van der Waals surface area contributed by atoms with Crippen molar-refractivity contribution >= 4 is 17.5 Å². The molecule has 1 heterocycles. The first-order valence-corrected chi connectivity index (χ1v) is 9.37. The maximum atomic E-state index is 12.7. The first-order valence-electron chi connectivity index (χ1n) is 9.37. The summed E-state index contributed by atoms with van der Waals surface area (Å²) in [6.07, 6.45) is 2.08. The monoisotopic (exact) mass is 359 g/mol. The van der Waals surface area contributed by atoms with E-state index in [1.165, 1.54) is 0 Å². The maximum Gasteiger partial charge on any atom is 0.241 e. The molecule has 1 aromatic carbocycles. The Morgan fingerprint density at radius 3 is 2.58 bits per heavy atom. The minimum absolute atomic E-state index is 0.0144. The van der Waals surface area contributed by atoms with Crippen molar-refractivity contribution in [1.82, 2.24) is 5.32 Å². The molecule has 0 bridgehead atoms. The van der Waals surface area contributed by atoms with Gasteiger partial charge in [-0.1, -0.05) is 26.0 Å². The van der Waals surface area contributed by atoms with Gasteiger partial charge in [0.05, 0.1) is 6.10 Å². The highest BCUT2D eigenvalue weighted by Crippen LogP contribution is 2.49. The molecule has 1 aromatic rings. The summed E-state index contributed by atoms with van der Waals surface area (Å²) < 4.78 is 5.68. The van der Waals surface area contributed by atoms with E-state index in [1.807, 2.05) is 49.9 Å². The number of ether oxygens (including phenoxy) is 1. The number of anilines is 1. The van der Waals surface area contributed by atoms with Gasteiger partial charge in [0.1, 0.15) is 5.54 Å². The van der Waals surface area contributed by atoms with Crippen LogP contribution in [0.25, 0.3) is 0 Å². The van der Waals surface area contributed by atoms with Crippen LogP contribution in [0.3, 0.4) is 0 Å². The third-order valence-electron chi connectivity index (χ3n) is 6.01. The Hall–Kier alpha value is -1.92. The van der Waals surface area contributed by atoms with Crippen LogP contribution in [0.5, 0.6) is 0 Å². The highest BCUT2D eigenvalue weighted by Gasteiger charge is 2.62. The van der Waals surface area contributed by atoms with Crippen molar-refractivity contribution in [3.05, 3.63) is 29.8 Å². The van der Waals surface area contributed by atoms with Gasteiger partial charge in [-0.25, -0.2) is 0 Å². The normalized spacial score (nSPS) is 27.3. The van der Waals surface area contributed by atoms with Gasteiger partial charge in [0.25, 0.3) is 0 Å². The molecule has 6 nitrogen and oxygen atoms in total. The molecule has 142 valence electrons. The minimum atomic E-state index is -0.908. The van der Waals surface area contributed by atoms with Crippen molar-refractivity contribution in [2.24, 2.45) is 11.1 Å². The molecule has 1 aliphatic carbocycles. The number of carbonyl (C=O) groups is 2. The van der Waals surface area contributed by atoms with Gasteiger partial charge in [0.15, 0.2) is 0 Å². The Morgan fingerprint density at radius 2 is 2.04 bits per heavy atom. The molecule has 2 amide bonds. The van der Waals surface area contributed by atoms with Crippen molar-refractivity contribution in [3.8, 4) is 0 Å². The molecule has 1 aliphatic heterocycles. The van der Waals surface area contributed by atoms with Crippen molar-refractivity contribution < 1.29 is 14.3 Å².